The van der Waals surface area contributed by atoms with Crippen molar-refractivity contribution in [2.24, 2.45) is 0 Å². The van der Waals surface area contributed by atoms with Crippen LogP contribution in [0.1, 0.15) is 50.8 Å². The number of hydrogen-bond donors (Lipinski definition) is 2. The predicted molar refractivity (Wildman–Crippen MR) is 136 cm³/mol. The molecule has 0 aliphatic carbocycles. The Morgan fingerprint density at radius 1 is 1.13 bits per heavy atom. The lowest BCUT2D eigenvalue weighted by atomic mass is 9.93. The standard InChI is InChI=1S/C26H27F3N6O3/c1-25(2,3)38-24(37)34-12-9-15(10-13-34)19-14-20(36)32-23-21-17(7-4-8-18(21)33-35(19)23)31-22-16(26(27,28)29)6-5-11-30-22/h4-8,11,14-15H,9-10,12-13H2,1-3H3,(H,30,31)(H,32,36). The molecule has 4 heterocycles. The number of aromatic nitrogens is 4. The van der Waals surface area contributed by atoms with Gasteiger partial charge in [-0.3, -0.25) is 4.79 Å². The highest BCUT2D eigenvalue weighted by molar-refractivity contribution is 6.03. The lowest BCUT2D eigenvalue weighted by Crippen LogP contribution is -2.41. The molecule has 5 rings (SSSR count). The van der Waals surface area contributed by atoms with Gasteiger partial charge in [-0.1, -0.05) is 6.07 Å². The number of likely N-dealkylation sites (tertiary alicyclic amines) is 1. The summed E-state index contributed by atoms with van der Waals surface area (Å²) in [6.45, 7) is 6.36. The number of carbonyl (C=O) groups excluding carboxylic acids is 1. The maximum absolute atomic E-state index is 13.6. The molecular weight excluding hydrogens is 501 g/mol. The summed E-state index contributed by atoms with van der Waals surface area (Å²) in [5, 5.41) is 7.93. The molecule has 1 amide bonds. The number of anilines is 2. The van der Waals surface area contributed by atoms with Gasteiger partial charge >= 0.3 is 12.3 Å². The molecule has 4 aromatic rings. The van der Waals surface area contributed by atoms with Gasteiger partial charge in [-0.05, 0) is 57.9 Å². The number of nitrogens with one attached hydrogen (secondary N) is 2. The van der Waals surface area contributed by atoms with Gasteiger partial charge < -0.3 is 19.9 Å². The third-order valence-electron chi connectivity index (χ3n) is 6.40. The fourth-order valence-electron chi connectivity index (χ4n) is 4.73. The zero-order chi connectivity index (χ0) is 27.2. The molecule has 0 bridgehead atoms. The first-order valence-corrected chi connectivity index (χ1v) is 12.2. The Balaban J connectivity index is 1.50. The zero-order valence-electron chi connectivity index (χ0n) is 21.1. The van der Waals surface area contributed by atoms with Crippen LogP contribution in [0.3, 0.4) is 0 Å². The second kappa shape index (κ2) is 9.34. The molecular formula is C26H27F3N6O3. The van der Waals surface area contributed by atoms with E-state index in [1.54, 1.807) is 27.6 Å². The second-order valence-electron chi connectivity index (χ2n) is 10.3. The molecule has 38 heavy (non-hydrogen) atoms. The lowest BCUT2D eigenvalue weighted by Gasteiger charge is -2.33. The molecule has 0 spiro atoms. The highest BCUT2D eigenvalue weighted by Crippen LogP contribution is 2.37. The highest BCUT2D eigenvalue weighted by atomic mass is 19.4. The van der Waals surface area contributed by atoms with E-state index in [4.69, 9.17) is 4.74 Å². The molecule has 3 aromatic heterocycles. The summed E-state index contributed by atoms with van der Waals surface area (Å²) in [5.74, 6) is -0.406. The number of aromatic amines is 1. The Hall–Kier alpha value is -4.09. The second-order valence-corrected chi connectivity index (χ2v) is 10.3. The SMILES string of the molecule is CC(C)(C)OC(=O)N1CCC(c2cc(=O)[nH]c3c4c(Nc5ncccc5C(F)(F)F)cccc4nn23)CC1. The Kier molecular flexibility index (Phi) is 6.28. The van der Waals surface area contributed by atoms with E-state index in [-0.39, 0.29) is 23.4 Å². The fourth-order valence-corrected chi connectivity index (χ4v) is 4.73. The first-order chi connectivity index (χ1) is 17.9. The summed E-state index contributed by atoms with van der Waals surface area (Å²) in [7, 11) is 0. The van der Waals surface area contributed by atoms with Gasteiger partial charge in [-0.15, -0.1) is 0 Å². The number of amides is 1. The molecule has 1 aliphatic heterocycles. The molecule has 1 aliphatic rings. The lowest BCUT2D eigenvalue weighted by molar-refractivity contribution is -0.137. The molecule has 0 saturated carbocycles. The van der Waals surface area contributed by atoms with E-state index in [2.05, 4.69) is 20.4 Å². The van der Waals surface area contributed by atoms with Gasteiger partial charge in [0.15, 0.2) is 0 Å². The number of carbonyl (C=O) groups is 1. The summed E-state index contributed by atoms with van der Waals surface area (Å²) < 4.78 is 47.8. The minimum absolute atomic E-state index is 0.0585. The number of hydrogen-bond acceptors (Lipinski definition) is 6. The molecule has 2 N–H and O–H groups in total. The highest BCUT2D eigenvalue weighted by Gasteiger charge is 2.34. The van der Waals surface area contributed by atoms with Crippen LogP contribution >= 0.6 is 0 Å². The van der Waals surface area contributed by atoms with Gasteiger partial charge in [-0.25, -0.2) is 14.3 Å². The monoisotopic (exact) mass is 528 g/mol. The van der Waals surface area contributed by atoms with Crippen LogP contribution in [0.2, 0.25) is 0 Å². The number of fused-ring (bicyclic) bond motifs is 3. The van der Waals surface area contributed by atoms with E-state index < -0.39 is 17.3 Å². The number of H-pyrrole nitrogens is 1. The number of ether oxygens (including phenoxy) is 1. The molecule has 1 fully saturated rings. The third-order valence-corrected chi connectivity index (χ3v) is 6.40. The van der Waals surface area contributed by atoms with E-state index in [0.29, 0.717) is 53.9 Å². The minimum atomic E-state index is -4.60. The molecule has 1 aromatic carbocycles. The zero-order valence-corrected chi connectivity index (χ0v) is 21.1. The number of benzene rings is 1. The predicted octanol–water partition coefficient (Wildman–Crippen LogP) is 5.45. The molecule has 200 valence electrons. The van der Waals surface area contributed by atoms with Crippen LogP contribution in [0.5, 0.6) is 0 Å². The average Bonchev–Trinajstić information content (AvgIpc) is 3.21. The van der Waals surface area contributed by atoms with Crippen LogP contribution < -0.4 is 10.9 Å². The Labute approximate surface area is 215 Å². The minimum Gasteiger partial charge on any atom is -0.444 e. The largest absolute Gasteiger partial charge is 0.444 e. The van der Waals surface area contributed by atoms with Crippen molar-refractivity contribution in [2.75, 3.05) is 18.4 Å². The van der Waals surface area contributed by atoms with Gasteiger partial charge in [0.2, 0.25) is 0 Å². The maximum Gasteiger partial charge on any atom is 0.419 e. The number of halogens is 3. The van der Waals surface area contributed by atoms with E-state index in [0.717, 1.165) is 6.07 Å². The topological polar surface area (TPSA) is 105 Å². The molecule has 1 saturated heterocycles. The summed E-state index contributed by atoms with van der Waals surface area (Å²) in [4.78, 5) is 33.5. The number of nitrogens with zero attached hydrogens (tertiary/aromatic N) is 4. The van der Waals surface area contributed by atoms with Crippen molar-refractivity contribution in [3.8, 4) is 0 Å². The first kappa shape index (κ1) is 25.6. The van der Waals surface area contributed by atoms with Crippen molar-refractivity contribution in [3.63, 3.8) is 0 Å². The van der Waals surface area contributed by atoms with E-state index in [9.17, 15) is 22.8 Å². The first-order valence-electron chi connectivity index (χ1n) is 12.2. The third kappa shape index (κ3) is 5.02. The van der Waals surface area contributed by atoms with Gasteiger partial charge in [0.25, 0.3) is 5.56 Å². The summed E-state index contributed by atoms with van der Waals surface area (Å²) in [6.07, 6.45) is -2.50. The Morgan fingerprint density at radius 2 is 1.87 bits per heavy atom. The number of piperidine rings is 1. The van der Waals surface area contributed by atoms with Gasteiger partial charge in [0.05, 0.1) is 27.8 Å². The molecule has 0 atom stereocenters. The van der Waals surface area contributed by atoms with Crippen molar-refractivity contribution in [3.05, 3.63) is 64.2 Å². The summed E-state index contributed by atoms with van der Waals surface area (Å²) in [5.41, 5.74) is 0.00674. The van der Waals surface area contributed by atoms with Crippen molar-refractivity contribution >= 4 is 34.1 Å². The van der Waals surface area contributed by atoms with E-state index in [1.807, 2.05) is 20.8 Å². The van der Waals surface area contributed by atoms with Crippen LogP contribution in [-0.4, -0.2) is 49.3 Å². The quantitative estimate of drug-likeness (QED) is 0.367. The molecule has 12 heteroatoms. The Bertz CT molecular complexity index is 1560. The van der Waals surface area contributed by atoms with Crippen LogP contribution in [0.4, 0.5) is 29.5 Å². The number of pyridine rings is 1. The van der Waals surface area contributed by atoms with Crippen molar-refractivity contribution < 1.29 is 22.7 Å². The smallest absolute Gasteiger partial charge is 0.419 e. The van der Waals surface area contributed by atoms with Crippen LogP contribution in [0, 0.1) is 0 Å². The van der Waals surface area contributed by atoms with E-state index >= 15 is 0 Å². The molecule has 0 radical (unpaired) electrons. The summed E-state index contributed by atoms with van der Waals surface area (Å²) >= 11 is 0. The van der Waals surface area contributed by atoms with E-state index in [1.165, 1.54) is 18.3 Å². The normalized spacial score (nSPS) is 15.3. The fraction of sp³-hybridized carbons (Fsp3) is 0.385. The van der Waals surface area contributed by atoms with Crippen LogP contribution in [-0.2, 0) is 10.9 Å². The summed E-state index contributed by atoms with van der Waals surface area (Å²) in [6, 6.07) is 8.68. The number of alkyl halides is 3. The van der Waals surface area contributed by atoms with Crippen molar-refractivity contribution in [1.82, 2.24) is 24.5 Å². The van der Waals surface area contributed by atoms with Gasteiger partial charge in [0.1, 0.15) is 17.1 Å². The maximum atomic E-state index is 13.6. The molecule has 0 unspecified atom stereocenters. The van der Waals surface area contributed by atoms with Crippen LogP contribution in [0.25, 0.3) is 16.6 Å². The van der Waals surface area contributed by atoms with Crippen molar-refractivity contribution in [1.29, 1.82) is 0 Å². The van der Waals surface area contributed by atoms with Gasteiger partial charge in [-0.2, -0.15) is 18.3 Å². The van der Waals surface area contributed by atoms with Crippen molar-refractivity contribution in [2.45, 2.75) is 51.3 Å². The Morgan fingerprint density at radius 3 is 2.55 bits per heavy atom. The van der Waals surface area contributed by atoms with Gasteiger partial charge in [0, 0.05) is 31.3 Å². The number of rotatable bonds is 3. The molecule has 9 nitrogen and oxygen atoms in total. The average molecular weight is 529 g/mol. The van der Waals surface area contributed by atoms with Crippen LogP contribution in [0.15, 0.2) is 47.4 Å².